The third-order valence-electron chi connectivity index (χ3n) is 1.68. The van der Waals surface area contributed by atoms with Crippen LogP contribution in [0.5, 0.6) is 0 Å². The smallest absolute Gasteiger partial charge is 0.229 e. The zero-order valence-corrected chi connectivity index (χ0v) is 8.91. The van der Waals surface area contributed by atoms with Gasteiger partial charge in [0.05, 0.1) is 12.3 Å². The first kappa shape index (κ1) is 11.7. The fourth-order valence-corrected chi connectivity index (χ4v) is 1.63. The van der Waals surface area contributed by atoms with Gasteiger partial charge in [0.1, 0.15) is 0 Å². The lowest BCUT2D eigenvalue weighted by molar-refractivity contribution is 0.544. The Morgan fingerprint density at radius 1 is 1.47 bits per heavy atom. The molecule has 0 spiro atoms. The Morgan fingerprint density at radius 2 is 2.13 bits per heavy atom. The highest BCUT2D eigenvalue weighted by molar-refractivity contribution is 7.92. The van der Waals surface area contributed by atoms with Crippen molar-refractivity contribution in [2.75, 3.05) is 11.0 Å². The molecular weight excluding hydrogens is 216 g/mol. The van der Waals surface area contributed by atoms with Crippen LogP contribution in [0.3, 0.4) is 0 Å². The van der Waals surface area contributed by atoms with E-state index >= 15 is 0 Å². The highest BCUT2D eigenvalue weighted by Gasteiger charge is 2.07. The molecule has 0 aliphatic rings. The lowest BCUT2D eigenvalue weighted by Gasteiger charge is -2.07. The van der Waals surface area contributed by atoms with Gasteiger partial charge in [-0.15, -0.1) is 0 Å². The summed E-state index contributed by atoms with van der Waals surface area (Å²) < 4.78 is 24.2. The van der Waals surface area contributed by atoms with Crippen molar-refractivity contribution in [3.8, 4) is 0 Å². The molecule has 81 valence electrons. The third kappa shape index (κ3) is 3.69. The summed E-state index contributed by atoms with van der Waals surface area (Å²) in [6.07, 6.45) is 2.67. The van der Waals surface area contributed by atoms with Gasteiger partial charge in [-0.2, -0.15) is 0 Å². The van der Waals surface area contributed by atoms with Crippen molar-refractivity contribution in [3.05, 3.63) is 29.8 Å². The van der Waals surface area contributed by atoms with Crippen LogP contribution in [0, 0.1) is 0 Å². The molecular formula is C9H11N2O3S. The van der Waals surface area contributed by atoms with Crippen molar-refractivity contribution in [1.29, 1.82) is 0 Å². The number of carbonyl (C=O) groups excluding carboxylic acids is 1. The minimum absolute atomic E-state index is 0.376. The molecule has 0 aliphatic carbocycles. The quantitative estimate of drug-likeness (QED) is 0.767. The minimum atomic E-state index is -3.32. The lowest BCUT2D eigenvalue weighted by Crippen LogP contribution is -2.13. The molecule has 6 heteroatoms. The molecule has 0 aromatic heterocycles. The number of anilines is 1. The van der Waals surface area contributed by atoms with Gasteiger partial charge in [-0.25, -0.2) is 8.42 Å². The Labute approximate surface area is 88.3 Å². The maximum atomic E-state index is 10.9. The Bertz CT molecular complexity index is 456. The van der Waals surface area contributed by atoms with Gasteiger partial charge < -0.3 is 5.73 Å². The van der Waals surface area contributed by atoms with Gasteiger partial charge in [-0.1, -0.05) is 12.1 Å². The standard InChI is InChI=1S/C9H11N2O3S/c1-15(13,14)11-8-4-2-3-7(5-8)9(10)6-12/h2-5,9,11H,10H2,1H3/t9-/m0/s1. The predicted molar refractivity (Wildman–Crippen MR) is 57.5 cm³/mol. The van der Waals surface area contributed by atoms with Crippen molar-refractivity contribution in [2.45, 2.75) is 6.04 Å². The SMILES string of the molecule is CS(=O)(=O)Nc1cccc([C@@H](N)[C]=O)c1. The summed E-state index contributed by atoms with van der Waals surface area (Å²) in [5, 5.41) is 0. The van der Waals surface area contributed by atoms with Gasteiger partial charge >= 0.3 is 0 Å². The number of hydrogen-bond donors (Lipinski definition) is 2. The molecule has 0 fully saturated rings. The zero-order valence-electron chi connectivity index (χ0n) is 8.10. The van der Waals surface area contributed by atoms with E-state index in [1.165, 1.54) is 6.07 Å². The van der Waals surface area contributed by atoms with E-state index in [1.807, 2.05) is 0 Å². The number of rotatable bonds is 4. The van der Waals surface area contributed by atoms with Crippen LogP contribution < -0.4 is 10.5 Å². The van der Waals surface area contributed by atoms with Crippen molar-refractivity contribution in [1.82, 2.24) is 0 Å². The van der Waals surface area contributed by atoms with Crippen LogP contribution in [0.4, 0.5) is 5.69 Å². The van der Waals surface area contributed by atoms with Crippen molar-refractivity contribution in [3.63, 3.8) is 0 Å². The Balaban J connectivity index is 2.98. The monoisotopic (exact) mass is 227 g/mol. The average Bonchev–Trinajstić information content (AvgIpc) is 2.14. The molecule has 15 heavy (non-hydrogen) atoms. The van der Waals surface area contributed by atoms with E-state index in [1.54, 1.807) is 24.5 Å². The van der Waals surface area contributed by atoms with Crippen LogP contribution in [-0.2, 0) is 14.8 Å². The van der Waals surface area contributed by atoms with Crippen LogP contribution in [0.1, 0.15) is 11.6 Å². The largest absolute Gasteiger partial charge is 0.317 e. The molecule has 5 nitrogen and oxygen atoms in total. The van der Waals surface area contributed by atoms with Crippen LogP contribution >= 0.6 is 0 Å². The second kappa shape index (κ2) is 4.41. The Morgan fingerprint density at radius 3 is 2.67 bits per heavy atom. The maximum absolute atomic E-state index is 10.9. The first-order valence-corrected chi connectivity index (χ1v) is 6.02. The number of nitrogens with two attached hydrogens (primary N) is 1. The van der Waals surface area contributed by atoms with Crippen LogP contribution in [0.25, 0.3) is 0 Å². The van der Waals surface area contributed by atoms with E-state index in [4.69, 9.17) is 5.73 Å². The van der Waals surface area contributed by atoms with Gasteiger partial charge in [0.15, 0.2) is 0 Å². The van der Waals surface area contributed by atoms with Crippen molar-refractivity contribution >= 4 is 22.0 Å². The summed E-state index contributed by atoms with van der Waals surface area (Å²) in [6, 6.07) is 5.45. The molecule has 0 saturated carbocycles. The van der Waals surface area contributed by atoms with E-state index < -0.39 is 16.1 Å². The molecule has 0 aliphatic heterocycles. The fraction of sp³-hybridized carbons (Fsp3) is 0.222. The topological polar surface area (TPSA) is 89.3 Å². The molecule has 1 aromatic carbocycles. The first-order chi connectivity index (χ1) is 6.92. The maximum Gasteiger partial charge on any atom is 0.229 e. The Kier molecular flexibility index (Phi) is 3.43. The molecule has 0 unspecified atom stereocenters. The average molecular weight is 227 g/mol. The van der Waals surface area contributed by atoms with E-state index in [-0.39, 0.29) is 0 Å². The molecule has 1 radical (unpaired) electrons. The molecule has 3 N–H and O–H groups in total. The molecule has 0 amide bonds. The lowest BCUT2D eigenvalue weighted by atomic mass is 10.1. The van der Waals surface area contributed by atoms with Gasteiger partial charge in [0, 0.05) is 5.69 Å². The van der Waals surface area contributed by atoms with E-state index in [9.17, 15) is 13.2 Å². The summed E-state index contributed by atoms with van der Waals surface area (Å²) in [6.45, 7) is 0. The van der Waals surface area contributed by atoms with Crippen LogP contribution in [0.2, 0.25) is 0 Å². The van der Waals surface area contributed by atoms with Crippen LogP contribution in [0.15, 0.2) is 24.3 Å². The van der Waals surface area contributed by atoms with Gasteiger partial charge in [0.25, 0.3) is 0 Å². The Hall–Kier alpha value is -1.40. The van der Waals surface area contributed by atoms with E-state index in [0.717, 1.165) is 6.26 Å². The molecule has 1 rings (SSSR count). The van der Waals surface area contributed by atoms with Gasteiger partial charge in [-0.05, 0) is 17.7 Å². The van der Waals surface area contributed by atoms with Crippen LogP contribution in [-0.4, -0.2) is 21.0 Å². The number of nitrogens with one attached hydrogen (secondary N) is 1. The number of benzene rings is 1. The third-order valence-corrected chi connectivity index (χ3v) is 2.28. The highest BCUT2D eigenvalue weighted by Crippen LogP contribution is 2.15. The minimum Gasteiger partial charge on any atom is -0.317 e. The molecule has 0 heterocycles. The summed E-state index contributed by atoms with van der Waals surface area (Å²) in [5.41, 5.74) is 6.31. The highest BCUT2D eigenvalue weighted by atomic mass is 32.2. The predicted octanol–water partition coefficient (Wildman–Crippen LogP) is 0.168. The van der Waals surface area contributed by atoms with E-state index in [2.05, 4.69) is 4.72 Å². The molecule has 0 bridgehead atoms. The number of hydrogen-bond acceptors (Lipinski definition) is 4. The molecule has 1 atom stereocenters. The first-order valence-electron chi connectivity index (χ1n) is 4.13. The summed E-state index contributed by atoms with van der Waals surface area (Å²) >= 11 is 0. The summed E-state index contributed by atoms with van der Waals surface area (Å²) in [4.78, 5) is 10.3. The van der Waals surface area contributed by atoms with E-state index in [0.29, 0.717) is 11.3 Å². The van der Waals surface area contributed by atoms with Crippen molar-refractivity contribution < 1.29 is 13.2 Å². The second-order valence-electron chi connectivity index (χ2n) is 3.10. The molecule has 0 saturated heterocycles. The van der Waals surface area contributed by atoms with Gasteiger partial charge in [-0.3, -0.25) is 9.52 Å². The van der Waals surface area contributed by atoms with Gasteiger partial charge in [0.2, 0.25) is 16.3 Å². The zero-order chi connectivity index (χ0) is 11.5. The second-order valence-corrected chi connectivity index (χ2v) is 4.84. The van der Waals surface area contributed by atoms with Crippen molar-refractivity contribution in [2.24, 2.45) is 5.73 Å². The summed E-state index contributed by atoms with van der Waals surface area (Å²) in [7, 11) is -3.32. The normalized spacial score (nSPS) is 13.2. The number of sulfonamides is 1. The molecule has 1 aromatic rings. The summed E-state index contributed by atoms with van der Waals surface area (Å²) in [5.74, 6) is 0. The fourth-order valence-electron chi connectivity index (χ4n) is 1.08.